The third-order valence-electron chi connectivity index (χ3n) is 3.20. The second kappa shape index (κ2) is 8.73. The molecular weight excluding hydrogens is 298 g/mol. The number of aromatic nitrogens is 4. The number of anilines is 2. The van der Waals surface area contributed by atoms with Crippen LogP contribution in [0.15, 0.2) is 18.3 Å². The van der Waals surface area contributed by atoms with Gasteiger partial charge in [-0.3, -0.25) is 4.68 Å². The van der Waals surface area contributed by atoms with Gasteiger partial charge in [0.25, 0.3) is 0 Å². The molecule has 22 heavy (non-hydrogen) atoms. The smallest absolute Gasteiger partial charge is 0.224 e. The molecule has 2 aromatic heterocycles. The molecule has 0 aromatic carbocycles. The maximum atomic E-state index is 5.80. The van der Waals surface area contributed by atoms with Gasteiger partial charge in [0.15, 0.2) is 5.82 Å². The lowest BCUT2D eigenvalue weighted by Crippen LogP contribution is -2.12. The molecule has 6 heteroatoms. The van der Waals surface area contributed by atoms with Crippen molar-refractivity contribution in [3.05, 3.63) is 29.3 Å². The van der Waals surface area contributed by atoms with Crippen molar-refractivity contribution in [2.45, 2.75) is 46.5 Å². The van der Waals surface area contributed by atoms with Crippen LogP contribution in [0.4, 0.5) is 11.6 Å². The van der Waals surface area contributed by atoms with Gasteiger partial charge >= 0.3 is 0 Å². The quantitative estimate of drug-likeness (QED) is 0.777. The standard InChI is InChI=1S/C12H14ClN5.2C2H6/c1-17(10-5-6-14-12(13)15-10)11-7-9(8-3-4-8)18(2)16-11;2*1-2/h5-8H,3-4H2,1-2H3;2*1-2H3. The first kappa shape index (κ1) is 18.4. The summed E-state index contributed by atoms with van der Waals surface area (Å²) in [6.07, 6.45) is 4.18. The van der Waals surface area contributed by atoms with Gasteiger partial charge in [-0.05, 0) is 30.5 Å². The Hall–Kier alpha value is -1.62. The fourth-order valence-electron chi connectivity index (χ4n) is 2.02. The largest absolute Gasteiger partial charge is 0.313 e. The first-order valence-electron chi connectivity index (χ1n) is 7.91. The molecule has 0 radical (unpaired) electrons. The summed E-state index contributed by atoms with van der Waals surface area (Å²) in [5, 5.41) is 4.76. The van der Waals surface area contributed by atoms with E-state index in [1.54, 1.807) is 6.20 Å². The summed E-state index contributed by atoms with van der Waals surface area (Å²) in [4.78, 5) is 9.97. The first-order valence-corrected chi connectivity index (χ1v) is 8.29. The average molecular weight is 324 g/mol. The van der Waals surface area contributed by atoms with Gasteiger partial charge in [0, 0.05) is 38.0 Å². The zero-order chi connectivity index (χ0) is 16.7. The van der Waals surface area contributed by atoms with Crippen LogP contribution in [-0.4, -0.2) is 26.8 Å². The van der Waals surface area contributed by atoms with Crippen LogP contribution in [0.2, 0.25) is 5.28 Å². The van der Waals surface area contributed by atoms with Crippen LogP contribution >= 0.6 is 11.6 Å². The highest BCUT2D eigenvalue weighted by atomic mass is 35.5. The monoisotopic (exact) mass is 323 g/mol. The van der Waals surface area contributed by atoms with Crippen LogP contribution in [0.1, 0.15) is 52.1 Å². The van der Waals surface area contributed by atoms with Crippen molar-refractivity contribution < 1.29 is 0 Å². The molecule has 0 spiro atoms. The molecule has 0 bridgehead atoms. The van der Waals surface area contributed by atoms with Crippen molar-refractivity contribution in [1.29, 1.82) is 0 Å². The highest BCUT2D eigenvalue weighted by Crippen LogP contribution is 2.41. The van der Waals surface area contributed by atoms with Gasteiger partial charge in [-0.25, -0.2) is 9.97 Å². The summed E-state index contributed by atoms with van der Waals surface area (Å²) in [6.45, 7) is 8.00. The van der Waals surface area contributed by atoms with Crippen LogP contribution in [0.3, 0.4) is 0 Å². The average Bonchev–Trinajstić information content (AvgIpc) is 3.33. The molecular formula is C16H26ClN5. The molecule has 1 aliphatic carbocycles. The molecule has 0 aliphatic heterocycles. The van der Waals surface area contributed by atoms with Crippen LogP contribution in [0.25, 0.3) is 0 Å². The summed E-state index contributed by atoms with van der Waals surface area (Å²) in [7, 11) is 3.91. The molecule has 2 aromatic rings. The Morgan fingerprint density at radius 3 is 2.36 bits per heavy atom. The van der Waals surface area contributed by atoms with Crippen molar-refractivity contribution in [3.63, 3.8) is 0 Å². The Bertz CT molecular complexity index is 578. The number of rotatable bonds is 3. The number of hydrogen-bond acceptors (Lipinski definition) is 4. The summed E-state index contributed by atoms with van der Waals surface area (Å²) in [5.74, 6) is 2.31. The van der Waals surface area contributed by atoms with E-state index in [0.29, 0.717) is 5.92 Å². The lowest BCUT2D eigenvalue weighted by atomic mass is 10.3. The highest BCUT2D eigenvalue weighted by molar-refractivity contribution is 6.28. The SMILES string of the molecule is CC.CC.CN(c1ccnc(Cl)n1)c1cc(C2CC2)n(C)n1. The minimum atomic E-state index is 0.248. The van der Waals surface area contributed by atoms with E-state index in [2.05, 4.69) is 21.1 Å². The molecule has 1 fully saturated rings. The maximum absolute atomic E-state index is 5.80. The Morgan fingerprint density at radius 1 is 1.18 bits per heavy atom. The molecule has 1 saturated carbocycles. The fourth-order valence-corrected chi connectivity index (χ4v) is 2.16. The van der Waals surface area contributed by atoms with E-state index in [0.717, 1.165) is 11.6 Å². The normalized spacial score (nSPS) is 12.7. The second-order valence-electron chi connectivity index (χ2n) is 4.57. The first-order chi connectivity index (χ1) is 10.6. The molecule has 0 amide bonds. The van der Waals surface area contributed by atoms with Crippen LogP contribution < -0.4 is 4.90 Å². The molecule has 0 saturated heterocycles. The van der Waals surface area contributed by atoms with Crippen LogP contribution in [0.5, 0.6) is 0 Å². The number of nitrogens with zero attached hydrogens (tertiary/aromatic N) is 5. The summed E-state index contributed by atoms with van der Waals surface area (Å²) in [6, 6.07) is 3.94. The predicted molar refractivity (Wildman–Crippen MR) is 93.0 cm³/mol. The summed E-state index contributed by atoms with van der Waals surface area (Å²) in [5.41, 5.74) is 1.29. The predicted octanol–water partition coefficient (Wildman–Crippen LogP) is 4.56. The van der Waals surface area contributed by atoms with Gasteiger partial charge in [0.1, 0.15) is 5.82 Å². The topological polar surface area (TPSA) is 46.8 Å². The van der Waals surface area contributed by atoms with Gasteiger partial charge in [-0.1, -0.05) is 27.7 Å². The second-order valence-corrected chi connectivity index (χ2v) is 4.91. The fraction of sp³-hybridized carbons (Fsp3) is 0.562. The van der Waals surface area contributed by atoms with Crippen LogP contribution in [-0.2, 0) is 7.05 Å². The molecule has 0 N–H and O–H groups in total. The van der Waals surface area contributed by atoms with E-state index in [4.69, 9.17) is 11.6 Å². The van der Waals surface area contributed by atoms with Gasteiger partial charge in [-0.2, -0.15) is 5.10 Å². The van der Waals surface area contributed by atoms with Gasteiger partial charge < -0.3 is 4.90 Å². The third-order valence-corrected chi connectivity index (χ3v) is 3.38. The molecule has 5 nitrogen and oxygen atoms in total. The van der Waals surface area contributed by atoms with E-state index in [-0.39, 0.29) is 5.28 Å². The zero-order valence-electron chi connectivity index (χ0n) is 14.3. The number of aryl methyl sites for hydroxylation is 1. The van der Waals surface area contributed by atoms with Gasteiger partial charge in [0.05, 0.1) is 0 Å². The van der Waals surface area contributed by atoms with Crippen molar-refractivity contribution in [2.75, 3.05) is 11.9 Å². The van der Waals surface area contributed by atoms with Crippen molar-refractivity contribution in [3.8, 4) is 0 Å². The van der Waals surface area contributed by atoms with Crippen molar-refractivity contribution in [1.82, 2.24) is 19.7 Å². The maximum Gasteiger partial charge on any atom is 0.224 e. The van der Waals surface area contributed by atoms with E-state index >= 15 is 0 Å². The van der Waals surface area contributed by atoms with Crippen LogP contribution in [0, 0.1) is 0 Å². The molecule has 2 heterocycles. The Balaban J connectivity index is 0.000000561. The number of halogens is 1. The van der Waals surface area contributed by atoms with E-state index in [1.165, 1.54) is 18.5 Å². The highest BCUT2D eigenvalue weighted by Gasteiger charge is 2.27. The minimum absolute atomic E-state index is 0.248. The van der Waals surface area contributed by atoms with E-state index in [9.17, 15) is 0 Å². The lowest BCUT2D eigenvalue weighted by Gasteiger charge is -2.14. The molecule has 0 atom stereocenters. The molecule has 3 rings (SSSR count). The third kappa shape index (κ3) is 4.44. The van der Waals surface area contributed by atoms with Gasteiger partial charge in [-0.15, -0.1) is 0 Å². The van der Waals surface area contributed by atoms with E-state index < -0.39 is 0 Å². The molecule has 122 valence electrons. The Kier molecular flexibility index (Phi) is 7.32. The molecule has 1 aliphatic rings. The van der Waals surface area contributed by atoms with E-state index in [1.807, 2.05) is 57.4 Å². The molecule has 0 unspecified atom stereocenters. The lowest BCUT2D eigenvalue weighted by molar-refractivity contribution is 0.712. The minimum Gasteiger partial charge on any atom is -0.313 e. The Morgan fingerprint density at radius 2 is 1.82 bits per heavy atom. The van der Waals surface area contributed by atoms with Gasteiger partial charge in [0.2, 0.25) is 5.28 Å². The summed E-state index contributed by atoms with van der Waals surface area (Å²) >= 11 is 5.80. The summed E-state index contributed by atoms with van der Waals surface area (Å²) < 4.78 is 1.95. The Labute approximate surface area is 138 Å². The number of hydrogen-bond donors (Lipinski definition) is 0. The zero-order valence-corrected chi connectivity index (χ0v) is 15.1. The van der Waals surface area contributed by atoms with Crippen molar-refractivity contribution in [2.24, 2.45) is 7.05 Å². The van der Waals surface area contributed by atoms with Crippen molar-refractivity contribution >= 4 is 23.2 Å².